The monoisotopic (exact) mass is 369 g/mol. The Morgan fingerprint density at radius 3 is 2.04 bits per heavy atom. The average molecular weight is 370 g/mol. The molecule has 142 valence electrons. The van der Waals surface area contributed by atoms with Crippen molar-refractivity contribution in [1.82, 2.24) is 5.32 Å². The molecule has 3 aromatic carbocycles. The number of hydrogen-bond donors (Lipinski definition) is 1. The van der Waals surface area contributed by atoms with Gasteiger partial charge in [-0.25, -0.2) is 0 Å². The summed E-state index contributed by atoms with van der Waals surface area (Å²) in [4.78, 5) is 12.7. The van der Waals surface area contributed by atoms with Crippen molar-refractivity contribution >= 4 is 5.91 Å². The van der Waals surface area contributed by atoms with Crippen molar-refractivity contribution < 1.29 is 4.79 Å². The third-order valence-electron chi connectivity index (χ3n) is 5.73. The number of benzene rings is 3. The minimum atomic E-state index is 0.0354. The zero-order valence-electron chi connectivity index (χ0n) is 16.2. The van der Waals surface area contributed by atoms with E-state index in [1.807, 2.05) is 18.2 Å². The molecule has 0 atom stereocenters. The van der Waals surface area contributed by atoms with Gasteiger partial charge in [-0.3, -0.25) is 4.79 Å². The number of amides is 1. The maximum atomic E-state index is 12.7. The van der Waals surface area contributed by atoms with Crippen molar-refractivity contribution in [2.45, 2.75) is 38.0 Å². The fourth-order valence-electron chi connectivity index (χ4n) is 4.20. The number of hydrogen-bond acceptors (Lipinski definition) is 1. The lowest BCUT2D eigenvalue weighted by molar-refractivity contribution is 0.0952. The van der Waals surface area contributed by atoms with E-state index in [1.54, 1.807) is 0 Å². The summed E-state index contributed by atoms with van der Waals surface area (Å²) in [7, 11) is 0. The molecule has 3 aromatic rings. The van der Waals surface area contributed by atoms with Crippen LogP contribution < -0.4 is 5.32 Å². The molecule has 0 aliphatic heterocycles. The third-order valence-corrected chi connectivity index (χ3v) is 5.73. The first-order chi connectivity index (χ1) is 13.8. The highest BCUT2D eigenvalue weighted by molar-refractivity contribution is 5.94. The van der Waals surface area contributed by atoms with Crippen LogP contribution >= 0.6 is 0 Å². The van der Waals surface area contributed by atoms with Crippen LogP contribution in [-0.4, -0.2) is 12.5 Å². The van der Waals surface area contributed by atoms with Crippen molar-refractivity contribution in [3.63, 3.8) is 0 Å². The second kappa shape index (κ2) is 8.88. The van der Waals surface area contributed by atoms with E-state index in [4.69, 9.17) is 0 Å². The van der Waals surface area contributed by atoms with Gasteiger partial charge in [0.15, 0.2) is 0 Å². The number of rotatable bonds is 6. The third kappa shape index (κ3) is 4.33. The molecule has 0 radical (unpaired) electrons. The van der Waals surface area contributed by atoms with Gasteiger partial charge in [0.2, 0.25) is 0 Å². The molecule has 0 aromatic heterocycles. The molecule has 1 N–H and O–H groups in total. The Kier molecular flexibility index (Phi) is 5.86. The van der Waals surface area contributed by atoms with Crippen molar-refractivity contribution in [1.29, 1.82) is 0 Å². The smallest absolute Gasteiger partial charge is 0.251 e. The van der Waals surface area contributed by atoms with Gasteiger partial charge in [0.25, 0.3) is 5.91 Å². The van der Waals surface area contributed by atoms with Gasteiger partial charge in [0.1, 0.15) is 0 Å². The second-order valence-corrected chi connectivity index (χ2v) is 7.61. The van der Waals surface area contributed by atoms with Crippen LogP contribution in [0.1, 0.15) is 57.8 Å². The van der Waals surface area contributed by atoms with Crippen LogP contribution in [0.2, 0.25) is 0 Å². The standard InChI is InChI=1S/C26H27NO/c28-26(24-16-15-20-9-7-8-14-23(20)19-24)27-18-17-25(21-10-3-1-4-11-21)22-12-5-2-6-13-22/h1-6,10-13,15-16,19,25H,7-9,14,17-18H2,(H,27,28). The predicted molar refractivity (Wildman–Crippen MR) is 115 cm³/mol. The zero-order valence-corrected chi connectivity index (χ0v) is 16.2. The molecule has 0 saturated carbocycles. The lowest BCUT2D eigenvalue weighted by atomic mass is 9.88. The highest BCUT2D eigenvalue weighted by atomic mass is 16.1. The second-order valence-electron chi connectivity index (χ2n) is 7.61. The van der Waals surface area contributed by atoms with E-state index in [-0.39, 0.29) is 11.8 Å². The highest BCUT2D eigenvalue weighted by Crippen LogP contribution is 2.27. The number of aryl methyl sites for hydroxylation is 2. The van der Waals surface area contributed by atoms with Crippen LogP contribution in [0.25, 0.3) is 0 Å². The lowest BCUT2D eigenvalue weighted by Crippen LogP contribution is -2.26. The molecule has 0 spiro atoms. The summed E-state index contributed by atoms with van der Waals surface area (Å²) >= 11 is 0. The van der Waals surface area contributed by atoms with Gasteiger partial charge in [-0.2, -0.15) is 0 Å². The minimum Gasteiger partial charge on any atom is -0.352 e. The van der Waals surface area contributed by atoms with Crippen LogP contribution in [-0.2, 0) is 12.8 Å². The normalized spacial score (nSPS) is 13.2. The Bertz CT molecular complexity index is 878. The number of fused-ring (bicyclic) bond motifs is 1. The van der Waals surface area contributed by atoms with Gasteiger partial charge in [-0.05, 0) is 66.5 Å². The summed E-state index contributed by atoms with van der Waals surface area (Å²) in [5.74, 6) is 0.319. The summed E-state index contributed by atoms with van der Waals surface area (Å²) in [6.45, 7) is 0.657. The van der Waals surface area contributed by atoms with Gasteiger partial charge in [-0.15, -0.1) is 0 Å². The van der Waals surface area contributed by atoms with Crippen molar-refractivity contribution in [2.24, 2.45) is 0 Å². The van der Waals surface area contributed by atoms with Gasteiger partial charge < -0.3 is 5.32 Å². The largest absolute Gasteiger partial charge is 0.352 e. The molecule has 0 unspecified atom stereocenters. The summed E-state index contributed by atoms with van der Waals surface area (Å²) < 4.78 is 0. The summed E-state index contributed by atoms with van der Waals surface area (Å²) in [6, 6.07) is 27.3. The maximum absolute atomic E-state index is 12.7. The molecule has 0 saturated heterocycles. The topological polar surface area (TPSA) is 29.1 Å². The predicted octanol–water partition coefficient (Wildman–Crippen LogP) is 5.52. The van der Waals surface area contributed by atoms with Gasteiger partial charge in [0, 0.05) is 18.0 Å². The van der Waals surface area contributed by atoms with Crippen molar-refractivity contribution in [2.75, 3.05) is 6.54 Å². The summed E-state index contributed by atoms with van der Waals surface area (Å²) in [5.41, 5.74) is 6.13. The number of carbonyl (C=O) groups excluding carboxylic acids is 1. The van der Waals surface area contributed by atoms with Gasteiger partial charge >= 0.3 is 0 Å². The minimum absolute atomic E-state index is 0.0354. The van der Waals surface area contributed by atoms with Crippen molar-refractivity contribution in [3.05, 3.63) is 107 Å². The maximum Gasteiger partial charge on any atom is 0.251 e. The Morgan fingerprint density at radius 1 is 0.786 bits per heavy atom. The fraction of sp³-hybridized carbons (Fsp3) is 0.269. The molecular formula is C26H27NO. The van der Waals surface area contributed by atoms with Crippen LogP contribution in [0.5, 0.6) is 0 Å². The zero-order chi connectivity index (χ0) is 19.2. The van der Waals surface area contributed by atoms with Crippen LogP contribution in [0.3, 0.4) is 0 Å². The molecule has 0 fully saturated rings. The van der Waals surface area contributed by atoms with Crippen LogP contribution in [0.4, 0.5) is 0 Å². The van der Waals surface area contributed by atoms with E-state index in [9.17, 15) is 4.79 Å². The Hall–Kier alpha value is -2.87. The quantitative estimate of drug-likeness (QED) is 0.609. The summed E-state index contributed by atoms with van der Waals surface area (Å²) in [5, 5.41) is 3.14. The first kappa shape index (κ1) is 18.5. The van der Waals surface area contributed by atoms with Crippen LogP contribution in [0, 0.1) is 0 Å². The highest BCUT2D eigenvalue weighted by Gasteiger charge is 2.16. The number of nitrogens with one attached hydrogen (secondary N) is 1. The van der Waals surface area contributed by atoms with Crippen LogP contribution in [0.15, 0.2) is 78.9 Å². The van der Waals surface area contributed by atoms with E-state index in [2.05, 4.69) is 66.0 Å². The molecule has 1 amide bonds. The van der Waals surface area contributed by atoms with E-state index in [0.717, 1.165) is 24.8 Å². The van der Waals surface area contributed by atoms with E-state index in [1.165, 1.54) is 35.1 Å². The molecule has 1 aliphatic rings. The van der Waals surface area contributed by atoms with Gasteiger partial charge in [-0.1, -0.05) is 66.7 Å². The number of carbonyl (C=O) groups is 1. The fourth-order valence-corrected chi connectivity index (χ4v) is 4.20. The Morgan fingerprint density at radius 2 is 1.39 bits per heavy atom. The molecule has 1 aliphatic carbocycles. The molecule has 0 bridgehead atoms. The first-order valence-electron chi connectivity index (χ1n) is 10.3. The van der Waals surface area contributed by atoms with Gasteiger partial charge in [0.05, 0.1) is 0 Å². The molecule has 0 heterocycles. The van der Waals surface area contributed by atoms with E-state index >= 15 is 0 Å². The van der Waals surface area contributed by atoms with Crippen molar-refractivity contribution in [3.8, 4) is 0 Å². The molecule has 2 nitrogen and oxygen atoms in total. The molecule has 2 heteroatoms. The Balaban J connectivity index is 1.43. The van der Waals surface area contributed by atoms with E-state index in [0.29, 0.717) is 6.54 Å². The SMILES string of the molecule is O=C(NCCC(c1ccccc1)c1ccccc1)c1ccc2c(c1)CCCC2. The average Bonchev–Trinajstić information content (AvgIpc) is 2.77. The lowest BCUT2D eigenvalue weighted by Gasteiger charge is -2.19. The molecule has 4 rings (SSSR count). The Labute approximate surface area is 167 Å². The van der Waals surface area contributed by atoms with E-state index < -0.39 is 0 Å². The summed E-state index contributed by atoms with van der Waals surface area (Å²) in [6.07, 6.45) is 5.62. The molecular weight excluding hydrogens is 342 g/mol. The molecule has 28 heavy (non-hydrogen) atoms. The first-order valence-corrected chi connectivity index (χ1v) is 10.3.